The molecule has 20 heavy (non-hydrogen) atoms. The molecule has 2 atom stereocenters. The third-order valence-corrected chi connectivity index (χ3v) is 3.40. The summed E-state index contributed by atoms with van der Waals surface area (Å²) < 4.78 is 21.0. The summed E-state index contributed by atoms with van der Waals surface area (Å²) in [6, 6.07) is 4.71. The molecular formula is C13H16FN5O. The van der Waals surface area contributed by atoms with Gasteiger partial charge in [-0.3, -0.25) is 0 Å². The SMILES string of the molecule is CC1CCC(CNc2cc(-n3cnnn3)ccc2F)O1. The van der Waals surface area contributed by atoms with Gasteiger partial charge in [0.2, 0.25) is 0 Å². The van der Waals surface area contributed by atoms with Crippen molar-refractivity contribution in [2.45, 2.75) is 32.0 Å². The van der Waals surface area contributed by atoms with Crippen molar-refractivity contribution in [1.82, 2.24) is 20.2 Å². The number of aromatic nitrogens is 4. The second-order valence-corrected chi connectivity index (χ2v) is 4.95. The molecule has 0 radical (unpaired) electrons. The van der Waals surface area contributed by atoms with Crippen LogP contribution < -0.4 is 5.32 Å². The van der Waals surface area contributed by atoms with Crippen LogP contribution in [0.4, 0.5) is 10.1 Å². The number of halogens is 1. The lowest BCUT2D eigenvalue weighted by Crippen LogP contribution is -2.20. The Kier molecular flexibility index (Phi) is 3.60. The van der Waals surface area contributed by atoms with Crippen LogP contribution in [0.3, 0.4) is 0 Å². The summed E-state index contributed by atoms with van der Waals surface area (Å²) in [5, 5.41) is 14.0. The zero-order chi connectivity index (χ0) is 13.9. The predicted molar refractivity (Wildman–Crippen MR) is 71.2 cm³/mol. The van der Waals surface area contributed by atoms with Gasteiger partial charge >= 0.3 is 0 Å². The van der Waals surface area contributed by atoms with Crippen molar-refractivity contribution >= 4 is 5.69 Å². The van der Waals surface area contributed by atoms with Gasteiger partial charge in [-0.05, 0) is 48.4 Å². The molecule has 6 nitrogen and oxygen atoms in total. The van der Waals surface area contributed by atoms with Crippen LogP contribution in [0.2, 0.25) is 0 Å². The summed E-state index contributed by atoms with van der Waals surface area (Å²) in [4.78, 5) is 0. The maximum atomic E-state index is 13.8. The monoisotopic (exact) mass is 277 g/mol. The Bertz CT molecular complexity index is 574. The molecule has 0 saturated carbocycles. The zero-order valence-corrected chi connectivity index (χ0v) is 11.2. The zero-order valence-electron chi connectivity index (χ0n) is 11.2. The average Bonchev–Trinajstić information content (AvgIpc) is 3.09. The minimum atomic E-state index is -0.298. The number of nitrogens with zero attached hydrogens (tertiary/aromatic N) is 4. The van der Waals surface area contributed by atoms with Gasteiger partial charge in [0, 0.05) is 6.54 Å². The van der Waals surface area contributed by atoms with E-state index in [1.54, 1.807) is 12.1 Å². The summed E-state index contributed by atoms with van der Waals surface area (Å²) in [5.74, 6) is -0.298. The van der Waals surface area contributed by atoms with Gasteiger partial charge in [-0.2, -0.15) is 0 Å². The van der Waals surface area contributed by atoms with E-state index < -0.39 is 0 Å². The Balaban J connectivity index is 1.70. The summed E-state index contributed by atoms with van der Waals surface area (Å²) in [6.07, 6.45) is 3.96. The normalized spacial score (nSPS) is 22.1. The molecule has 1 aliphatic heterocycles. The van der Waals surface area contributed by atoms with E-state index in [9.17, 15) is 4.39 Å². The van der Waals surface area contributed by atoms with Crippen molar-refractivity contribution in [2.75, 3.05) is 11.9 Å². The smallest absolute Gasteiger partial charge is 0.146 e. The lowest BCUT2D eigenvalue weighted by Gasteiger charge is -2.14. The van der Waals surface area contributed by atoms with Crippen LogP contribution in [0.1, 0.15) is 19.8 Å². The van der Waals surface area contributed by atoms with Crippen LogP contribution in [0, 0.1) is 5.82 Å². The van der Waals surface area contributed by atoms with E-state index in [0.717, 1.165) is 12.8 Å². The summed E-state index contributed by atoms with van der Waals surface area (Å²) in [7, 11) is 0. The first-order valence-electron chi connectivity index (χ1n) is 6.64. The number of tetrazole rings is 1. The average molecular weight is 277 g/mol. The van der Waals surface area contributed by atoms with Gasteiger partial charge in [-0.15, -0.1) is 5.10 Å². The van der Waals surface area contributed by atoms with Gasteiger partial charge in [0.1, 0.15) is 12.1 Å². The van der Waals surface area contributed by atoms with E-state index in [1.807, 2.05) is 0 Å². The number of ether oxygens (including phenoxy) is 1. The van der Waals surface area contributed by atoms with Crippen LogP contribution in [-0.4, -0.2) is 39.0 Å². The van der Waals surface area contributed by atoms with E-state index in [0.29, 0.717) is 24.0 Å². The summed E-state index contributed by atoms with van der Waals surface area (Å²) >= 11 is 0. The Morgan fingerprint density at radius 1 is 1.45 bits per heavy atom. The first-order chi connectivity index (χ1) is 9.72. The highest BCUT2D eigenvalue weighted by Gasteiger charge is 2.21. The number of nitrogens with one attached hydrogen (secondary N) is 1. The highest BCUT2D eigenvalue weighted by atomic mass is 19.1. The third kappa shape index (κ3) is 2.77. The Labute approximate surface area is 115 Å². The number of anilines is 1. The molecule has 0 amide bonds. The van der Waals surface area contributed by atoms with Crippen LogP contribution in [-0.2, 0) is 4.74 Å². The van der Waals surface area contributed by atoms with Gasteiger partial charge in [-0.1, -0.05) is 0 Å². The van der Waals surface area contributed by atoms with Crippen LogP contribution in [0.15, 0.2) is 24.5 Å². The lowest BCUT2D eigenvalue weighted by molar-refractivity contribution is 0.0636. The maximum Gasteiger partial charge on any atom is 0.146 e. The summed E-state index contributed by atoms with van der Waals surface area (Å²) in [6.45, 7) is 2.65. The van der Waals surface area contributed by atoms with Crippen molar-refractivity contribution in [2.24, 2.45) is 0 Å². The Morgan fingerprint density at radius 3 is 3.05 bits per heavy atom. The molecule has 7 heteroatoms. The molecule has 2 aromatic rings. The number of rotatable bonds is 4. The standard InChI is InChI=1S/C13H16FN5O/c1-9-2-4-11(20-9)7-15-13-6-10(3-5-12(13)14)19-8-16-17-18-19/h3,5-6,8-9,11,15H,2,4,7H2,1H3. The molecule has 1 aromatic carbocycles. The first kappa shape index (κ1) is 13.0. The molecule has 3 rings (SSSR count). The van der Waals surface area contributed by atoms with Gasteiger partial charge in [0.15, 0.2) is 0 Å². The largest absolute Gasteiger partial charge is 0.380 e. The van der Waals surface area contributed by atoms with Crippen molar-refractivity contribution in [3.8, 4) is 5.69 Å². The van der Waals surface area contributed by atoms with E-state index in [-0.39, 0.29) is 11.9 Å². The van der Waals surface area contributed by atoms with Crippen LogP contribution in [0.25, 0.3) is 5.69 Å². The molecule has 2 heterocycles. The molecule has 0 aliphatic carbocycles. The highest BCUT2D eigenvalue weighted by Crippen LogP contribution is 2.22. The minimum absolute atomic E-state index is 0.140. The van der Waals surface area contributed by atoms with Gasteiger partial charge < -0.3 is 10.1 Å². The molecule has 0 spiro atoms. The minimum Gasteiger partial charge on any atom is -0.380 e. The molecular weight excluding hydrogens is 261 g/mol. The van der Waals surface area contributed by atoms with Crippen molar-refractivity contribution < 1.29 is 9.13 Å². The van der Waals surface area contributed by atoms with Gasteiger partial charge in [0.25, 0.3) is 0 Å². The second kappa shape index (κ2) is 5.54. The quantitative estimate of drug-likeness (QED) is 0.923. The molecule has 106 valence electrons. The van der Waals surface area contributed by atoms with Crippen molar-refractivity contribution in [3.05, 3.63) is 30.3 Å². The Morgan fingerprint density at radius 2 is 2.35 bits per heavy atom. The third-order valence-electron chi connectivity index (χ3n) is 3.40. The summed E-state index contributed by atoms with van der Waals surface area (Å²) in [5.41, 5.74) is 1.14. The molecule has 1 aromatic heterocycles. The fraction of sp³-hybridized carbons (Fsp3) is 0.462. The highest BCUT2D eigenvalue weighted by molar-refractivity contribution is 5.52. The molecule has 1 fully saturated rings. The van der Waals surface area contributed by atoms with Crippen LogP contribution >= 0.6 is 0 Å². The lowest BCUT2D eigenvalue weighted by atomic mass is 10.2. The molecule has 1 saturated heterocycles. The molecule has 1 aliphatic rings. The van der Waals surface area contributed by atoms with Crippen molar-refractivity contribution in [3.63, 3.8) is 0 Å². The predicted octanol–water partition coefficient (Wildman–Crippen LogP) is 1.78. The fourth-order valence-electron chi connectivity index (χ4n) is 2.33. The van der Waals surface area contributed by atoms with Gasteiger partial charge in [0.05, 0.1) is 23.6 Å². The first-order valence-corrected chi connectivity index (χ1v) is 6.64. The number of hydrogen-bond acceptors (Lipinski definition) is 5. The second-order valence-electron chi connectivity index (χ2n) is 4.95. The molecule has 0 bridgehead atoms. The molecule has 1 N–H and O–H groups in total. The topological polar surface area (TPSA) is 64.9 Å². The number of hydrogen-bond donors (Lipinski definition) is 1. The Hall–Kier alpha value is -2.02. The molecule has 2 unspecified atom stereocenters. The number of benzene rings is 1. The van der Waals surface area contributed by atoms with E-state index >= 15 is 0 Å². The van der Waals surface area contributed by atoms with Gasteiger partial charge in [-0.25, -0.2) is 9.07 Å². The van der Waals surface area contributed by atoms with Crippen LogP contribution in [0.5, 0.6) is 0 Å². The maximum absolute atomic E-state index is 13.8. The van der Waals surface area contributed by atoms with E-state index in [1.165, 1.54) is 17.1 Å². The van der Waals surface area contributed by atoms with Crippen molar-refractivity contribution in [1.29, 1.82) is 0 Å². The van der Waals surface area contributed by atoms with E-state index in [2.05, 4.69) is 27.8 Å². The van der Waals surface area contributed by atoms with E-state index in [4.69, 9.17) is 4.74 Å². The fourth-order valence-corrected chi connectivity index (χ4v) is 2.33.